The predicted octanol–water partition coefficient (Wildman–Crippen LogP) is 4.52. The van der Waals surface area contributed by atoms with E-state index in [2.05, 4.69) is 5.32 Å². The van der Waals surface area contributed by atoms with Crippen molar-refractivity contribution in [3.05, 3.63) is 50.9 Å². The van der Waals surface area contributed by atoms with Gasteiger partial charge in [0.2, 0.25) is 5.91 Å². The fourth-order valence-electron chi connectivity index (χ4n) is 2.91. The number of ketones is 1. The molecule has 1 aromatic carbocycles. The van der Waals surface area contributed by atoms with Crippen LogP contribution in [0.1, 0.15) is 51.4 Å². The van der Waals surface area contributed by atoms with E-state index in [0.717, 1.165) is 29.7 Å². The number of fused-ring (bicyclic) bond motifs is 1. The van der Waals surface area contributed by atoms with Crippen LogP contribution in [0.2, 0.25) is 5.02 Å². The van der Waals surface area contributed by atoms with E-state index in [0.29, 0.717) is 21.2 Å². The Labute approximate surface area is 166 Å². The fourth-order valence-corrected chi connectivity index (χ4v) is 4.38. The molecule has 0 spiro atoms. The normalized spacial score (nSPS) is 12.7. The van der Waals surface area contributed by atoms with Crippen molar-refractivity contribution in [2.75, 3.05) is 11.9 Å². The second-order valence-corrected chi connectivity index (χ2v) is 8.26. The lowest BCUT2D eigenvalue weighted by molar-refractivity contribution is -0.118. The molecule has 1 aliphatic carbocycles. The van der Waals surface area contributed by atoms with Gasteiger partial charge in [0.05, 0.1) is 5.56 Å². The van der Waals surface area contributed by atoms with Crippen LogP contribution in [-0.4, -0.2) is 24.3 Å². The minimum Gasteiger partial charge on any atom is -0.454 e. The van der Waals surface area contributed by atoms with Gasteiger partial charge in [0.1, 0.15) is 5.00 Å². The molecule has 0 fully saturated rings. The van der Waals surface area contributed by atoms with Crippen molar-refractivity contribution in [1.82, 2.24) is 0 Å². The van der Waals surface area contributed by atoms with Crippen LogP contribution in [0.15, 0.2) is 24.3 Å². The molecule has 1 aromatic heterocycles. The number of ether oxygens (including phenoxy) is 1. The highest BCUT2D eigenvalue weighted by atomic mass is 35.5. The van der Waals surface area contributed by atoms with Crippen LogP contribution >= 0.6 is 22.9 Å². The molecule has 0 atom stereocenters. The van der Waals surface area contributed by atoms with Gasteiger partial charge in [-0.15, -0.1) is 11.3 Å². The molecule has 0 radical (unpaired) electrons. The molecule has 1 heterocycles. The van der Waals surface area contributed by atoms with E-state index in [-0.39, 0.29) is 24.2 Å². The van der Waals surface area contributed by atoms with E-state index in [1.54, 1.807) is 32.0 Å². The summed E-state index contributed by atoms with van der Waals surface area (Å²) < 4.78 is 5.27. The topological polar surface area (TPSA) is 72.5 Å². The smallest absolute Gasteiger partial charge is 0.341 e. The Morgan fingerprint density at radius 2 is 2.04 bits per heavy atom. The molecule has 1 aliphatic rings. The first-order valence-electron chi connectivity index (χ1n) is 8.78. The summed E-state index contributed by atoms with van der Waals surface area (Å²) in [6, 6.07) is 6.50. The van der Waals surface area contributed by atoms with Crippen molar-refractivity contribution < 1.29 is 19.1 Å². The van der Waals surface area contributed by atoms with Gasteiger partial charge in [0.25, 0.3) is 0 Å². The van der Waals surface area contributed by atoms with Gasteiger partial charge in [0.15, 0.2) is 12.4 Å². The van der Waals surface area contributed by atoms with Gasteiger partial charge >= 0.3 is 5.97 Å². The van der Waals surface area contributed by atoms with Gasteiger partial charge < -0.3 is 10.1 Å². The summed E-state index contributed by atoms with van der Waals surface area (Å²) in [5, 5.41) is 3.78. The average Bonchev–Trinajstić information content (AvgIpc) is 3.19. The zero-order valence-corrected chi connectivity index (χ0v) is 16.7. The summed E-state index contributed by atoms with van der Waals surface area (Å²) >= 11 is 7.31. The number of amides is 1. The monoisotopic (exact) mass is 405 g/mol. The van der Waals surface area contributed by atoms with Crippen LogP contribution in [0.25, 0.3) is 0 Å². The first kappa shape index (κ1) is 19.6. The van der Waals surface area contributed by atoms with E-state index >= 15 is 0 Å². The Hall–Kier alpha value is -2.18. The highest BCUT2D eigenvalue weighted by molar-refractivity contribution is 7.17. The quantitative estimate of drug-likeness (QED) is 0.566. The third kappa shape index (κ3) is 4.39. The van der Waals surface area contributed by atoms with Crippen LogP contribution in [0.3, 0.4) is 0 Å². The molecule has 0 saturated carbocycles. The van der Waals surface area contributed by atoms with Gasteiger partial charge in [-0.3, -0.25) is 9.59 Å². The molecule has 142 valence electrons. The number of Topliss-reactive ketones (excluding diaryl/α,β-unsaturated/α-hetero) is 1. The molecule has 1 amide bonds. The van der Waals surface area contributed by atoms with Crippen LogP contribution < -0.4 is 5.32 Å². The molecular weight excluding hydrogens is 386 g/mol. The Balaban J connectivity index is 1.76. The summed E-state index contributed by atoms with van der Waals surface area (Å²) in [4.78, 5) is 38.1. The largest absolute Gasteiger partial charge is 0.454 e. The van der Waals surface area contributed by atoms with Gasteiger partial charge in [-0.25, -0.2) is 4.79 Å². The number of esters is 1. The first-order valence-corrected chi connectivity index (χ1v) is 9.97. The number of benzene rings is 1. The third-order valence-electron chi connectivity index (χ3n) is 4.37. The Morgan fingerprint density at radius 3 is 2.74 bits per heavy atom. The van der Waals surface area contributed by atoms with Crippen LogP contribution in [0.5, 0.6) is 0 Å². The molecule has 27 heavy (non-hydrogen) atoms. The number of carbonyl (C=O) groups is 3. The Kier molecular flexibility index (Phi) is 5.97. The predicted molar refractivity (Wildman–Crippen MR) is 106 cm³/mol. The number of aryl methyl sites for hydroxylation is 1. The number of halogens is 1. The summed E-state index contributed by atoms with van der Waals surface area (Å²) in [7, 11) is 0. The number of hydrogen-bond acceptors (Lipinski definition) is 5. The number of thiophene rings is 1. The average molecular weight is 406 g/mol. The number of carbonyl (C=O) groups excluding carboxylic acids is 3. The van der Waals surface area contributed by atoms with Crippen molar-refractivity contribution in [3.8, 4) is 0 Å². The van der Waals surface area contributed by atoms with Gasteiger partial charge in [-0.05, 0) is 37.0 Å². The second kappa shape index (κ2) is 8.23. The number of rotatable bonds is 6. The molecular formula is C20H20ClNO4S. The van der Waals surface area contributed by atoms with Crippen LogP contribution in [0.4, 0.5) is 5.00 Å². The molecule has 1 N–H and O–H groups in total. The number of nitrogens with one attached hydrogen (secondary N) is 1. The van der Waals surface area contributed by atoms with Crippen molar-refractivity contribution >= 4 is 45.6 Å². The van der Waals surface area contributed by atoms with Gasteiger partial charge in [0, 0.05) is 21.4 Å². The molecule has 0 saturated heterocycles. The first-order chi connectivity index (χ1) is 12.9. The van der Waals surface area contributed by atoms with E-state index in [1.165, 1.54) is 17.4 Å². The zero-order valence-electron chi connectivity index (χ0n) is 15.1. The number of hydrogen-bond donors (Lipinski definition) is 1. The molecule has 7 heteroatoms. The highest BCUT2D eigenvalue weighted by Gasteiger charge is 2.29. The van der Waals surface area contributed by atoms with E-state index < -0.39 is 5.97 Å². The standard InChI is InChI=1S/C20H20ClNO4S/c1-11(2)18(24)22-19-17(14-7-4-8-16(14)27-19)20(25)26-10-15(23)12-5-3-6-13(21)9-12/h3,5-6,9,11H,4,7-8,10H2,1-2H3,(H,22,24). The summed E-state index contributed by atoms with van der Waals surface area (Å²) in [6.07, 6.45) is 2.64. The van der Waals surface area contributed by atoms with Gasteiger partial charge in [-0.2, -0.15) is 0 Å². The third-order valence-corrected chi connectivity index (χ3v) is 5.81. The number of anilines is 1. The molecule has 3 rings (SSSR count). The minimum atomic E-state index is -0.580. The van der Waals surface area contributed by atoms with Crippen LogP contribution in [0, 0.1) is 5.92 Å². The summed E-state index contributed by atoms with van der Waals surface area (Å²) in [5.41, 5.74) is 1.71. The van der Waals surface area contributed by atoms with E-state index in [1.807, 2.05) is 0 Å². The lowest BCUT2D eigenvalue weighted by atomic mass is 10.1. The molecule has 0 unspecified atom stereocenters. The van der Waals surface area contributed by atoms with Crippen molar-refractivity contribution in [2.24, 2.45) is 5.92 Å². The maximum absolute atomic E-state index is 12.7. The molecule has 2 aromatic rings. The van der Waals surface area contributed by atoms with Crippen LogP contribution in [-0.2, 0) is 22.4 Å². The van der Waals surface area contributed by atoms with Crippen molar-refractivity contribution in [1.29, 1.82) is 0 Å². The van der Waals surface area contributed by atoms with Crippen molar-refractivity contribution in [2.45, 2.75) is 33.1 Å². The SMILES string of the molecule is CC(C)C(=O)Nc1sc2c(c1C(=O)OCC(=O)c1cccc(Cl)c1)CCC2. The maximum atomic E-state index is 12.7. The zero-order chi connectivity index (χ0) is 19.6. The van der Waals surface area contributed by atoms with Gasteiger partial charge in [-0.1, -0.05) is 37.6 Å². The van der Waals surface area contributed by atoms with Crippen molar-refractivity contribution in [3.63, 3.8) is 0 Å². The lowest BCUT2D eigenvalue weighted by Gasteiger charge is -2.10. The fraction of sp³-hybridized carbons (Fsp3) is 0.350. The van der Waals surface area contributed by atoms with E-state index in [9.17, 15) is 14.4 Å². The summed E-state index contributed by atoms with van der Waals surface area (Å²) in [6.45, 7) is 3.21. The summed E-state index contributed by atoms with van der Waals surface area (Å²) in [5.74, 6) is -1.26. The Morgan fingerprint density at radius 1 is 1.26 bits per heavy atom. The Bertz CT molecular complexity index is 903. The molecule has 5 nitrogen and oxygen atoms in total. The molecule has 0 bridgehead atoms. The maximum Gasteiger partial charge on any atom is 0.341 e. The van der Waals surface area contributed by atoms with E-state index in [4.69, 9.17) is 16.3 Å². The minimum absolute atomic E-state index is 0.154. The lowest BCUT2D eigenvalue weighted by Crippen LogP contribution is -2.20. The highest BCUT2D eigenvalue weighted by Crippen LogP contribution is 2.39. The molecule has 0 aliphatic heterocycles. The second-order valence-electron chi connectivity index (χ2n) is 6.72.